The third kappa shape index (κ3) is 3.46. The molecule has 140 valence electrons. The van der Waals surface area contributed by atoms with Gasteiger partial charge in [-0.15, -0.1) is 0 Å². The lowest BCUT2D eigenvalue weighted by atomic mass is 10.2. The summed E-state index contributed by atoms with van der Waals surface area (Å²) in [5, 5.41) is 9.75. The SMILES string of the molecule is CCOc1ccc(OCC)c(N2C=C(C#N)S(=O)(=O)c3ccc(Cl)cc32)c1. The molecule has 0 bridgehead atoms. The minimum Gasteiger partial charge on any atom is -0.494 e. The first-order valence-corrected chi connectivity index (χ1v) is 10.1. The molecule has 1 aliphatic rings. The number of hydrogen-bond donors (Lipinski definition) is 0. The Morgan fingerprint density at radius 3 is 2.48 bits per heavy atom. The Hall–Kier alpha value is -2.69. The first kappa shape index (κ1) is 19.1. The van der Waals surface area contributed by atoms with E-state index in [9.17, 15) is 13.7 Å². The molecule has 2 aromatic rings. The molecule has 1 aliphatic heterocycles. The Kier molecular flexibility index (Phi) is 5.31. The van der Waals surface area contributed by atoms with E-state index in [0.717, 1.165) is 0 Å². The molecule has 27 heavy (non-hydrogen) atoms. The van der Waals surface area contributed by atoms with Crippen molar-refractivity contribution >= 4 is 32.8 Å². The van der Waals surface area contributed by atoms with Crippen molar-refractivity contribution in [2.75, 3.05) is 18.1 Å². The lowest BCUT2D eigenvalue weighted by Gasteiger charge is -2.29. The van der Waals surface area contributed by atoms with Crippen LogP contribution in [0.1, 0.15) is 13.8 Å². The van der Waals surface area contributed by atoms with Crippen molar-refractivity contribution in [3.63, 3.8) is 0 Å². The van der Waals surface area contributed by atoms with Crippen LogP contribution in [0.2, 0.25) is 5.02 Å². The van der Waals surface area contributed by atoms with Gasteiger partial charge in [-0.1, -0.05) is 11.6 Å². The van der Waals surface area contributed by atoms with Crippen LogP contribution in [-0.4, -0.2) is 21.6 Å². The van der Waals surface area contributed by atoms with Gasteiger partial charge in [-0.25, -0.2) is 8.42 Å². The molecule has 0 N–H and O–H groups in total. The van der Waals surface area contributed by atoms with Crippen molar-refractivity contribution in [3.8, 4) is 17.6 Å². The maximum atomic E-state index is 12.7. The smallest absolute Gasteiger partial charge is 0.220 e. The van der Waals surface area contributed by atoms with Gasteiger partial charge >= 0.3 is 0 Å². The quantitative estimate of drug-likeness (QED) is 0.733. The van der Waals surface area contributed by atoms with E-state index < -0.39 is 9.84 Å². The van der Waals surface area contributed by atoms with Crippen LogP contribution in [-0.2, 0) is 9.84 Å². The van der Waals surface area contributed by atoms with Crippen molar-refractivity contribution in [3.05, 3.63) is 52.5 Å². The number of halogens is 1. The number of anilines is 2. The summed E-state index contributed by atoms with van der Waals surface area (Å²) in [5.41, 5.74) is 0.894. The third-order valence-corrected chi connectivity index (χ3v) is 5.85. The fourth-order valence-corrected chi connectivity index (χ4v) is 4.24. The molecule has 1 heterocycles. The van der Waals surface area contributed by atoms with E-state index in [1.54, 1.807) is 35.2 Å². The van der Waals surface area contributed by atoms with Crippen molar-refractivity contribution in [1.29, 1.82) is 5.26 Å². The van der Waals surface area contributed by atoms with Gasteiger partial charge in [0.15, 0.2) is 4.91 Å². The van der Waals surface area contributed by atoms with Crippen LogP contribution in [0.5, 0.6) is 11.5 Å². The summed E-state index contributed by atoms with van der Waals surface area (Å²) in [6.07, 6.45) is 1.28. The molecule has 0 amide bonds. The number of ether oxygens (including phenoxy) is 2. The summed E-state index contributed by atoms with van der Waals surface area (Å²) in [6, 6.07) is 11.4. The Morgan fingerprint density at radius 2 is 1.81 bits per heavy atom. The molecule has 0 unspecified atom stereocenters. The zero-order valence-corrected chi connectivity index (χ0v) is 16.3. The van der Waals surface area contributed by atoms with Crippen LogP contribution in [0.25, 0.3) is 0 Å². The molecule has 0 saturated heterocycles. The molecular weight excluding hydrogens is 388 g/mol. The topological polar surface area (TPSA) is 79.6 Å². The number of benzene rings is 2. The molecule has 0 saturated carbocycles. The first-order valence-electron chi connectivity index (χ1n) is 8.27. The van der Waals surface area contributed by atoms with Gasteiger partial charge in [-0.3, -0.25) is 0 Å². The normalized spacial score (nSPS) is 14.7. The van der Waals surface area contributed by atoms with Gasteiger partial charge in [0.05, 0.1) is 29.5 Å². The van der Waals surface area contributed by atoms with Crippen molar-refractivity contribution in [1.82, 2.24) is 0 Å². The van der Waals surface area contributed by atoms with Gasteiger partial charge in [0.25, 0.3) is 0 Å². The molecule has 0 spiro atoms. The summed E-state index contributed by atoms with van der Waals surface area (Å²) in [6.45, 7) is 4.61. The zero-order valence-electron chi connectivity index (χ0n) is 14.8. The molecule has 0 atom stereocenters. The van der Waals surface area contributed by atoms with Gasteiger partial charge in [-0.05, 0) is 44.2 Å². The lowest BCUT2D eigenvalue weighted by Crippen LogP contribution is -2.22. The first-order chi connectivity index (χ1) is 12.9. The standard InChI is InChI=1S/C19H17ClN2O4S/c1-3-25-14-6-7-18(26-4-2)16(10-14)22-12-15(11-21)27(23,24)19-8-5-13(20)9-17(19)22/h5-10,12H,3-4H2,1-2H3. The van der Waals surface area contributed by atoms with Gasteiger partial charge in [0, 0.05) is 17.3 Å². The molecule has 0 fully saturated rings. The van der Waals surface area contributed by atoms with Crippen LogP contribution in [0.15, 0.2) is 52.4 Å². The van der Waals surface area contributed by atoms with E-state index >= 15 is 0 Å². The monoisotopic (exact) mass is 404 g/mol. The van der Waals surface area contributed by atoms with E-state index in [2.05, 4.69) is 0 Å². The fourth-order valence-electron chi connectivity index (χ4n) is 2.79. The van der Waals surface area contributed by atoms with Crippen molar-refractivity contribution < 1.29 is 17.9 Å². The molecule has 0 radical (unpaired) electrons. The van der Waals surface area contributed by atoms with Crippen LogP contribution in [0, 0.1) is 11.3 Å². The Labute approximate surface area is 163 Å². The predicted molar refractivity (Wildman–Crippen MR) is 103 cm³/mol. The highest BCUT2D eigenvalue weighted by molar-refractivity contribution is 7.95. The Balaban J connectivity index is 2.29. The largest absolute Gasteiger partial charge is 0.494 e. The second-order valence-electron chi connectivity index (χ2n) is 5.59. The molecule has 3 rings (SSSR count). The van der Waals surface area contributed by atoms with E-state index in [4.69, 9.17) is 21.1 Å². The molecule has 0 aliphatic carbocycles. The summed E-state index contributed by atoms with van der Waals surface area (Å²) in [4.78, 5) is 1.24. The highest BCUT2D eigenvalue weighted by Gasteiger charge is 2.33. The summed E-state index contributed by atoms with van der Waals surface area (Å²) in [5.74, 6) is 1.12. The summed E-state index contributed by atoms with van der Waals surface area (Å²) >= 11 is 6.11. The number of rotatable bonds is 5. The minimum atomic E-state index is -3.91. The number of hydrogen-bond acceptors (Lipinski definition) is 6. The van der Waals surface area contributed by atoms with E-state index in [1.807, 2.05) is 13.8 Å². The van der Waals surface area contributed by atoms with Gasteiger partial charge in [-0.2, -0.15) is 5.26 Å². The third-order valence-electron chi connectivity index (χ3n) is 3.92. The second kappa shape index (κ2) is 7.51. The fraction of sp³-hybridized carbons (Fsp3) is 0.211. The maximum absolute atomic E-state index is 12.7. The zero-order chi connectivity index (χ0) is 19.6. The lowest BCUT2D eigenvalue weighted by molar-refractivity contribution is 0.331. The highest BCUT2D eigenvalue weighted by atomic mass is 35.5. The molecule has 8 heteroatoms. The van der Waals surface area contributed by atoms with Gasteiger partial charge in [0.1, 0.15) is 17.6 Å². The minimum absolute atomic E-state index is 0.00946. The van der Waals surface area contributed by atoms with E-state index in [1.165, 1.54) is 18.3 Å². The van der Waals surface area contributed by atoms with Gasteiger partial charge in [0.2, 0.25) is 9.84 Å². The van der Waals surface area contributed by atoms with E-state index in [-0.39, 0.29) is 9.80 Å². The molecule has 2 aromatic carbocycles. The van der Waals surface area contributed by atoms with Crippen LogP contribution >= 0.6 is 11.6 Å². The van der Waals surface area contributed by atoms with Crippen LogP contribution in [0.3, 0.4) is 0 Å². The van der Waals surface area contributed by atoms with Crippen LogP contribution < -0.4 is 14.4 Å². The molecular formula is C19H17ClN2O4S. The maximum Gasteiger partial charge on any atom is 0.220 e. The van der Waals surface area contributed by atoms with Crippen molar-refractivity contribution in [2.45, 2.75) is 18.7 Å². The molecule has 0 aromatic heterocycles. The Bertz CT molecular complexity index is 1060. The highest BCUT2D eigenvalue weighted by Crippen LogP contribution is 2.44. The number of fused-ring (bicyclic) bond motifs is 1. The molecule has 6 nitrogen and oxygen atoms in total. The Morgan fingerprint density at radius 1 is 1.07 bits per heavy atom. The van der Waals surface area contributed by atoms with Crippen molar-refractivity contribution in [2.24, 2.45) is 0 Å². The second-order valence-corrected chi connectivity index (χ2v) is 7.91. The average Bonchev–Trinajstić information content (AvgIpc) is 2.63. The average molecular weight is 405 g/mol. The summed E-state index contributed by atoms with van der Waals surface area (Å²) < 4.78 is 36.6. The van der Waals surface area contributed by atoms with E-state index in [0.29, 0.717) is 41.1 Å². The van der Waals surface area contributed by atoms with Gasteiger partial charge < -0.3 is 14.4 Å². The number of allylic oxidation sites excluding steroid dienone is 1. The summed E-state index contributed by atoms with van der Waals surface area (Å²) in [7, 11) is -3.91. The number of nitriles is 1. The predicted octanol–water partition coefficient (Wildman–Crippen LogP) is 4.43. The number of sulfone groups is 1. The number of nitrogens with zero attached hydrogens (tertiary/aromatic N) is 2. The van der Waals surface area contributed by atoms with Crippen LogP contribution in [0.4, 0.5) is 11.4 Å².